The van der Waals surface area contributed by atoms with Crippen molar-refractivity contribution in [1.29, 1.82) is 0 Å². The largest absolute Gasteiger partial charge is 0.481 e. The topological polar surface area (TPSA) is 81.8 Å². The summed E-state index contributed by atoms with van der Waals surface area (Å²) in [6, 6.07) is 5.84. The summed E-state index contributed by atoms with van der Waals surface area (Å²) < 4.78 is 5.26. The summed E-state index contributed by atoms with van der Waals surface area (Å²) in [7, 11) is 5.54. The van der Waals surface area contributed by atoms with Gasteiger partial charge in [-0.2, -0.15) is 0 Å². The lowest BCUT2D eigenvalue weighted by molar-refractivity contribution is -0.125. The maximum atomic E-state index is 12.9. The van der Waals surface area contributed by atoms with Gasteiger partial charge in [-0.15, -0.1) is 0 Å². The van der Waals surface area contributed by atoms with Crippen molar-refractivity contribution in [3.63, 3.8) is 0 Å². The molecule has 2 fully saturated rings. The minimum absolute atomic E-state index is 0.0391. The van der Waals surface area contributed by atoms with Crippen LogP contribution < -0.4 is 15.2 Å². The van der Waals surface area contributed by atoms with Crippen LogP contribution in [-0.4, -0.2) is 79.1 Å². The molecule has 8 heteroatoms. The Morgan fingerprint density at radius 1 is 1.27 bits per heavy atom. The normalized spacial score (nSPS) is 18.3. The molecule has 1 aliphatic carbocycles. The van der Waals surface area contributed by atoms with E-state index < -0.39 is 0 Å². The molecule has 4 rings (SSSR count). The van der Waals surface area contributed by atoms with Gasteiger partial charge in [0.1, 0.15) is 5.69 Å². The van der Waals surface area contributed by atoms with E-state index in [9.17, 15) is 9.59 Å². The average Bonchev–Trinajstić information content (AvgIpc) is 3.50. The first-order valence-corrected chi connectivity index (χ1v) is 11.5. The van der Waals surface area contributed by atoms with Crippen LogP contribution in [0.3, 0.4) is 0 Å². The maximum Gasteiger partial charge on any atom is 0.271 e. The van der Waals surface area contributed by atoms with E-state index in [0.29, 0.717) is 30.6 Å². The van der Waals surface area contributed by atoms with E-state index in [2.05, 4.69) is 14.9 Å². The summed E-state index contributed by atoms with van der Waals surface area (Å²) in [5.41, 5.74) is 2.40. The second-order valence-corrected chi connectivity index (χ2v) is 9.18. The molecule has 33 heavy (non-hydrogen) atoms. The fourth-order valence-electron chi connectivity index (χ4n) is 4.24. The highest BCUT2D eigenvalue weighted by Gasteiger charge is 2.34. The maximum absolute atomic E-state index is 12.9. The number of amides is 1. The van der Waals surface area contributed by atoms with E-state index in [-0.39, 0.29) is 17.5 Å². The van der Waals surface area contributed by atoms with E-state index in [4.69, 9.17) is 4.74 Å². The van der Waals surface area contributed by atoms with Gasteiger partial charge in [0.15, 0.2) is 0 Å². The Balaban J connectivity index is 1.56. The highest BCUT2D eigenvalue weighted by atomic mass is 16.5. The second kappa shape index (κ2) is 10.2. The predicted octanol–water partition coefficient (Wildman–Crippen LogP) is 2.38. The van der Waals surface area contributed by atoms with Gasteiger partial charge in [0, 0.05) is 62.3 Å². The third-order valence-corrected chi connectivity index (χ3v) is 6.27. The zero-order valence-electron chi connectivity index (χ0n) is 19.7. The molecule has 1 atom stereocenters. The molecule has 1 N–H and O–H groups in total. The van der Waals surface area contributed by atoms with Crippen molar-refractivity contribution in [2.75, 3.05) is 52.3 Å². The molecule has 0 aromatic carbocycles. The molecule has 2 aromatic rings. The summed E-state index contributed by atoms with van der Waals surface area (Å²) in [6.45, 7) is 2.91. The molecule has 2 aromatic heterocycles. The number of pyridine rings is 2. The van der Waals surface area contributed by atoms with Crippen molar-refractivity contribution < 1.29 is 9.53 Å². The van der Waals surface area contributed by atoms with Crippen LogP contribution in [0.15, 0.2) is 47.5 Å². The molecule has 0 bridgehead atoms. The summed E-state index contributed by atoms with van der Waals surface area (Å²) in [5, 5.41) is 0. The number of ether oxygens (including phenoxy) is 1. The smallest absolute Gasteiger partial charge is 0.271 e. The van der Waals surface area contributed by atoms with Crippen molar-refractivity contribution in [2.24, 2.45) is 5.92 Å². The Morgan fingerprint density at radius 3 is 2.82 bits per heavy atom. The number of aromatic nitrogens is 2. The van der Waals surface area contributed by atoms with Crippen LogP contribution in [0.25, 0.3) is 11.1 Å². The van der Waals surface area contributed by atoms with E-state index in [1.54, 1.807) is 25.6 Å². The lowest BCUT2D eigenvalue weighted by Gasteiger charge is -2.31. The fraction of sp³-hybridized carbons (Fsp3) is 0.480. The molecule has 176 valence electrons. The quantitative estimate of drug-likeness (QED) is 0.590. The number of carbonyl (C=O) groups is 1. The van der Waals surface area contributed by atoms with Crippen LogP contribution in [0, 0.1) is 5.92 Å². The van der Waals surface area contributed by atoms with E-state index in [1.165, 1.54) is 12.8 Å². The number of anilines is 1. The highest BCUT2D eigenvalue weighted by Crippen LogP contribution is 2.34. The highest BCUT2D eigenvalue weighted by molar-refractivity contribution is 5.88. The van der Waals surface area contributed by atoms with Crippen LogP contribution in [0.2, 0.25) is 0 Å². The minimum Gasteiger partial charge on any atom is -0.481 e. The van der Waals surface area contributed by atoms with E-state index >= 15 is 0 Å². The SMILES string of the molecule is COc1cc(-c2c[nH]c(=O)c(N(CC3CC3)C3CCN(C(=O)C=CCN(C)C)C3)c2)ccn1. The molecule has 3 heterocycles. The molecule has 1 saturated heterocycles. The number of methoxy groups -OCH3 is 1. The number of hydrogen-bond donors (Lipinski definition) is 1. The number of carbonyl (C=O) groups excluding carboxylic acids is 1. The zero-order chi connectivity index (χ0) is 23.4. The molecule has 0 spiro atoms. The lowest BCUT2D eigenvalue weighted by atomic mass is 10.1. The van der Waals surface area contributed by atoms with Gasteiger partial charge in [-0.05, 0) is 57.0 Å². The van der Waals surface area contributed by atoms with Crippen molar-refractivity contribution in [1.82, 2.24) is 19.8 Å². The Kier molecular flexibility index (Phi) is 7.13. The van der Waals surface area contributed by atoms with Gasteiger partial charge in [-0.1, -0.05) is 6.08 Å². The number of H-pyrrole nitrogens is 1. The van der Waals surface area contributed by atoms with Gasteiger partial charge in [0.2, 0.25) is 11.8 Å². The summed E-state index contributed by atoms with van der Waals surface area (Å²) in [5.74, 6) is 1.18. The monoisotopic (exact) mass is 451 g/mol. The lowest BCUT2D eigenvalue weighted by Crippen LogP contribution is -2.42. The number of aromatic amines is 1. The Bertz CT molecular complexity index is 1060. The van der Waals surface area contributed by atoms with Gasteiger partial charge in [0.25, 0.3) is 5.56 Å². The number of nitrogens with zero attached hydrogens (tertiary/aromatic N) is 4. The molecule has 8 nitrogen and oxygen atoms in total. The summed E-state index contributed by atoms with van der Waals surface area (Å²) in [6.07, 6.45) is 10.2. The first-order chi connectivity index (χ1) is 15.9. The van der Waals surface area contributed by atoms with Gasteiger partial charge in [-0.25, -0.2) is 4.98 Å². The molecule has 0 radical (unpaired) electrons. The van der Waals surface area contributed by atoms with Crippen LogP contribution in [0.1, 0.15) is 19.3 Å². The predicted molar refractivity (Wildman–Crippen MR) is 130 cm³/mol. The summed E-state index contributed by atoms with van der Waals surface area (Å²) in [4.78, 5) is 38.8. The third kappa shape index (κ3) is 5.82. The van der Waals surface area contributed by atoms with Crippen LogP contribution in [0.4, 0.5) is 5.69 Å². The Labute approximate surface area is 194 Å². The molecular formula is C25H33N5O3. The average molecular weight is 452 g/mol. The van der Waals surface area contributed by atoms with E-state index in [1.807, 2.05) is 48.2 Å². The summed E-state index contributed by atoms with van der Waals surface area (Å²) >= 11 is 0. The molecule has 1 unspecified atom stereocenters. The number of rotatable bonds is 9. The number of likely N-dealkylation sites (tertiary alicyclic amines) is 1. The van der Waals surface area contributed by atoms with Crippen molar-refractivity contribution in [3.05, 3.63) is 53.1 Å². The number of nitrogens with one attached hydrogen (secondary N) is 1. The van der Waals surface area contributed by atoms with Crippen molar-refractivity contribution >= 4 is 11.6 Å². The Hall–Kier alpha value is -3.13. The first-order valence-electron chi connectivity index (χ1n) is 11.5. The van der Waals surface area contributed by atoms with Crippen molar-refractivity contribution in [3.8, 4) is 17.0 Å². The van der Waals surface area contributed by atoms with Gasteiger partial charge in [0.05, 0.1) is 7.11 Å². The van der Waals surface area contributed by atoms with Crippen molar-refractivity contribution in [2.45, 2.75) is 25.3 Å². The molecule has 1 aliphatic heterocycles. The van der Waals surface area contributed by atoms with Crippen LogP contribution >= 0.6 is 0 Å². The van der Waals surface area contributed by atoms with Crippen LogP contribution in [-0.2, 0) is 4.79 Å². The Morgan fingerprint density at radius 2 is 2.09 bits per heavy atom. The van der Waals surface area contributed by atoms with Gasteiger partial charge < -0.3 is 24.4 Å². The second-order valence-electron chi connectivity index (χ2n) is 9.18. The molecule has 1 saturated carbocycles. The van der Waals surface area contributed by atoms with Gasteiger partial charge >= 0.3 is 0 Å². The zero-order valence-corrected chi connectivity index (χ0v) is 19.7. The van der Waals surface area contributed by atoms with Crippen LogP contribution in [0.5, 0.6) is 5.88 Å². The van der Waals surface area contributed by atoms with E-state index in [0.717, 1.165) is 30.6 Å². The molecular weight excluding hydrogens is 418 g/mol. The molecule has 1 amide bonds. The minimum atomic E-state index is -0.101. The first kappa shape index (κ1) is 23.0. The molecule has 2 aliphatic rings. The fourth-order valence-corrected chi connectivity index (χ4v) is 4.24. The number of likely N-dealkylation sites (N-methyl/N-ethyl adjacent to an activating group) is 1. The van der Waals surface area contributed by atoms with Gasteiger partial charge in [-0.3, -0.25) is 9.59 Å². The third-order valence-electron chi connectivity index (χ3n) is 6.27. The standard InChI is InChI=1S/C25H33N5O3/c1-28(2)11-4-5-24(31)29-12-9-21(17-29)30(16-18-6-7-18)22-13-20(15-27-25(22)32)19-8-10-26-23(14-19)33-3/h4-5,8,10,13-15,18,21H,6-7,9,11-12,16-17H2,1-3H3,(H,27,32). The number of hydrogen-bond acceptors (Lipinski definition) is 6.